The van der Waals surface area contributed by atoms with E-state index in [0.29, 0.717) is 10.0 Å². The van der Waals surface area contributed by atoms with Crippen LogP contribution in [0.15, 0.2) is 46.9 Å². The fourth-order valence-electron chi connectivity index (χ4n) is 1.63. The number of hydrogen-bond acceptors (Lipinski definition) is 1. The lowest BCUT2D eigenvalue weighted by molar-refractivity contribution is 0.866. The van der Waals surface area contributed by atoms with E-state index in [-0.39, 0.29) is 6.04 Å². The molecule has 0 bridgehead atoms. The summed E-state index contributed by atoms with van der Waals surface area (Å²) in [5, 5.41) is 1.34. The van der Waals surface area contributed by atoms with Gasteiger partial charge in [0, 0.05) is 14.5 Å². The Balaban J connectivity index is 2.43. The largest absolute Gasteiger partial charge is 0.320 e. The van der Waals surface area contributed by atoms with Crippen molar-refractivity contribution < 1.29 is 0 Å². The zero-order chi connectivity index (χ0) is 12.4. The standard InChI is InChI=1S/C13H10BrCl2N/c14-12-5-4-10(16)7-11(12)13(17)8-2-1-3-9(15)6-8/h1-7,13H,17H2. The van der Waals surface area contributed by atoms with Gasteiger partial charge in [-0.1, -0.05) is 51.3 Å². The van der Waals surface area contributed by atoms with E-state index < -0.39 is 0 Å². The molecule has 4 heteroatoms. The van der Waals surface area contributed by atoms with Gasteiger partial charge in [0.15, 0.2) is 0 Å². The van der Waals surface area contributed by atoms with E-state index in [0.717, 1.165) is 15.6 Å². The molecule has 2 rings (SSSR count). The van der Waals surface area contributed by atoms with Gasteiger partial charge >= 0.3 is 0 Å². The smallest absolute Gasteiger partial charge is 0.0563 e. The van der Waals surface area contributed by atoms with Crippen LogP contribution in [-0.2, 0) is 0 Å². The first-order valence-electron chi connectivity index (χ1n) is 5.04. The fourth-order valence-corrected chi connectivity index (χ4v) is 2.51. The minimum atomic E-state index is -0.248. The lowest BCUT2D eigenvalue weighted by atomic mass is 10.00. The summed E-state index contributed by atoms with van der Waals surface area (Å²) in [5.41, 5.74) is 8.11. The molecule has 0 saturated heterocycles. The topological polar surface area (TPSA) is 26.0 Å². The Morgan fingerprint density at radius 2 is 1.71 bits per heavy atom. The summed E-state index contributed by atoms with van der Waals surface area (Å²) in [4.78, 5) is 0. The molecule has 1 nitrogen and oxygen atoms in total. The summed E-state index contributed by atoms with van der Waals surface area (Å²) in [6.45, 7) is 0. The molecular formula is C13H10BrCl2N. The minimum absolute atomic E-state index is 0.248. The van der Waals surface area contributed by atoms with Gasteiger partial charge in [0.2, 0.25) is 0 Å². The highest BCUT2D eigenvalue weighted by molar-refractivity contribution is 9.10. The minimum Gasteiger partial charge on any atom is -0.320 e. The Kier molecular flexibility index (Phi) is 4.10. The predicted octanol–water partition coefficient (Wildman–Crippen LogP) is 4.80. The van der Waals surface area contributed by atoms with Crippen LogP contribution in [0.4, 0.5) is 0 Å². The first-order valence-corrected chi connectivity index (χ1v) is 6.59. The molecule has 0 spiro atoms. The van der Waals surface area contributed by atoms with Gasteiger partial charge in [-0.05, 0) is 41.5 Å². The predicted molar refractivity (Wildman–Crippen MR) is 76.6 cm³/mol. The van der Waals surface area contributed by atoms with E-state index in [1.807, 2.05) is 42.5 Å². The summed E-state index contributed by atoms with van der Waals surface area (Å²) >= 11 is 15.4. The molecular weight excluding hydrogens is 321 g/mol. The second-order valence-corrected chi connectivity index (χ2v) is 5.43. The van der Waals surface area contributed by atoms with Crippen LogP contribution < -0.4 is 5.73 Å². The molecule has 0 aliphatic rings. The van der Waals surface area contributed by atoms with Crippen LogP contribution in [0.5, 0.6) is 0 Å². The van der Waals surface area contributed by atoms with Gasteiger partial charge in [-0.2, -0.15) is 0 Å². The zero-order valence-electron chi connectivity index (χ0n) is 8.83. The van der Waals surface area contributed by atoms with Crippen molar-refractivity contribution in [2.75, 3.05) is 0 Å². The summed E-state index contributed by atoms with van der Waals surface area (Å²) in [5.74, 6) is 0. The van der Waals surface area contributed by atoms with E-state index >= 15 is 0 Å². The summed E-state index contributed by atoms with van der Waals surface area (Å²) in [7, 11) is 0. The van der Waals surface area contributed by atoms with Gasteiger partial charge in [0.25, 0.3) is 0 Å². The third-order valence-corrected chi connectivity index (χ3v) is 3.69. The van der Waals surface area contributed by atoms with Crippen LogP contribution in [-0.4, -0.2) is 0 Å². The van der Waals surface area contributed by atoms with E-state index in [4.69, 9.17) is 28.9 Å². The van der Waals surface area contributed by atoms with Crippen molar-refractivity contribution in [2.45, 2.75) is 6.04 Å². The molecule has 0 aromatic heterocycles. The van der Waals surface area contributed by atoms with Gasteiger partial charge in [-0.15, -0.1) is 0 Å². The summed E-state index contributed by atoms with van der Waals surface area (Å²) in [6.07, 6.45) is 0. The molecule has 88 valence electrons. The van der Waals surface area contributed by atoms with Crippen LogP contribution in [0.2, 0.25) is 10.0 Å². The fraction of sp³-hybridized carbons (Fsp3) is 0.0769. The van der Waals surface area contributed by atoms with Crippen molar-refractivity contribution in [3.63, 3.8) is 0 Å². The number of halogens is 3. The maximum atomic E-state index is 6.21. The molecule has 1 atom stereocenters. The van der Waals surface area contributed by atoms with Crippen LogP contribution >= 0.6 is 39.1 Å². The number of rotatable bonds is 2. The molecule has 0 aliphatic carbocycles. The van der Waals surface area contributed by atoms with Crippen molar-refractivity contribution in [2.24, 2.45) is 5.73 Å². The lowest BCUT2D eigenvalue weighted by Crippen LogP contribution is -2.12. The Hall–Kier alpha value is -0.540. The van der Waals surface area contributed by atoms with Gasteiger partial charge in [0.05, 0.1) is 6.04 Å². The van der Waals surface area contributed by atoms with E-state index in [1.165, 1.54) is 0 Å². The van der Waals surface area contributed by atoms with Gasteiger partial charge < -0.3 is 5.73 Å². The van der Waals surface area contributed by atoms with Crippen LogP contribution in [0.25, 0.3) is 0 Å². The summed E-state index contributed by atoms with van der Waals surface area (Å²) in [6, 6.07) is 12.8. The third kappa shape index (κ3) is 3.02. The normalized spacial score (nSPS) is 12.5. The van der Waals surface area contributed by atoms with Gasteiger partial charge in [0.1, 0.15) is 0 Å². The molecule has 0 amide bonds. The SMILES string of the molecule is NC(c1cccc(Cl)c1)c1cc(Cl)ccc1Br. The van der Waals surface area contributed by atoms with Crippen molar-refractivity contribution in [3.8, 4) is 0 Å². The highest BCUT2D eigenvalue weighted by atomic mass is 79.9. The van der Waals surface area contributed by atoms with Gasteiger partial charge in [-0.3, -0.25) is 0 Å². The number of nitrogens with two attached hydrogens (primary N) is 1. The van der Waals surface area contributed by atoms with Crippen molar-refractivity contribution in [1.82, 2.24) is 0 Å². The highest BCUT2D eigenvalue weighted by Gasteiger charge is 2.12. The molecule has 2 N–H and O–H groups in total. The second-order valence-electron chi connectivity index (χ2n) is 3.70. The van der Waals surface area contributed by atoms with E-state index in [1.54, 1.807) is 0 Å². The average molecular weight is 331 g/mol. The highest BCUT2D eigenvalue weighted by Crippen LogP contribution is 2.30. The Morgan fingerprint density at radius 3 is 2.41 bits per heavy atom. The maximum Gasteiger partial charge on any atom is 0.0563 e. The Morgan fingerprint density at radius 1 is 1.00 bits per heavy atom. The van der Waals surface area contributed by atoms with Crippen LogP contribution in [0.3, 0.4) is 0 Å². The monoisotopic (exact) mass is 329 g/mol. The molecule has 2 aromatic rings. The second kappa shape index (κ2) is 5.40. The maximum absolute atomic E-state index is 6.21. The number of hydrogen-bond donors (Lipinski definition) is 1. The Bertz CT molecular complexity index is 543. The quantitative estimate of drug-likeness (QED) is 0.840. The molecule has 2 aromatic carbocycles. The van der Waals surface area contributed by atoms with Crippen LogP contribution in [0, 0.1) is 0 Å². The van der Waals surface area contributed by atoms with Crippen LogP contribution in [0.1, 0.15) is 17.2 Å². The number of benzene rings is 2. The van der Waals surface area contributed by atoms with Crippen molar-refractivity contribution in [1.29, 1.82) is 0 Å². The van der Waals surface area contributed by atoms with E-state index in [2.05, 4.69) is 15.9 Å². The van der Waals surface area contributed by atoms with Gasteiger partial charge in [-0.25, -0.2) is 0 Å². The molecule has 1 unspecified atom stereocenters. The lowest BCUT2D eigenvalue weighted by Gasteiger charge is -2.15. The molecule has 0 aliphatic heterocycles. The molecule has 17 heavy (non-hydrogen) atoms. The summed E-state index contributed by atoms with van der Waals surface area (Å²) < 4.78 is 0.939. The first-order chi connectivity index (χ1) is 8.08. The first kappa shape index (κ1) is 12.9. The van der Waals surface area contributed by atoms with Crippen molar-refractivity contribution >= 4 is 39.1 Å². The molecule has 0 saturated carbocycles. The molecule has 0 radical (unpaired) electrons. The molecule has 0 heterocycles. The molecule has 0 fully saturated rings. The third-order valence-electron chi connectivity index (χ3n) is 2.50. The van der Waals surface area contributed by atoms with Crippen molar-refractivity contribution in [3.05, 3.63) is 68.1 Å². The average Bonchev–Trinajstić information content (AvgIpc) is 2.31. The zero-order valence-corrected chi connectivity index (χ0v) is 11.9. The Labute approximate surface area is 119 Å². The van der Waals surface area contributed by atoms with E-state index in [9.17, 15) is 0 Å².